The molecule has 1 fully saturated rings. The van der Waals surface area contributed by atoms with E-state index in [9.17, 15) is 4.79 Å². The third kappa shape index (κ3) is 3.26. The maximum absolute atomic E-state index is 12.6. The normalized spacial score (nSPS) is 18.9. The smallest absolute Gasteiger partial charge is 0.254 e. The van der Waals surface area contributed by atoms with E-state index in [1.54, 1.807) is 13.2 Å². The van der Waals surface area contributed by atoms with Crippen molar-refractivity contribution in [2.75, 3.05) is 25.6 Å². The first-order valence-electron chi connectivity index (χ1n) is 6.97. The number of hydrazine groups is 1. The number of carbonyl (C=O) groups excluding carboxylic acids is 1. The lowest BCUT2D eigenvalue weighted by Gasteiger charge is -2.32. The summed E-state index contributed by atoms with van der Waals surface area (Å²) in [5, 5.41) is 0. The van der Waals surface area contributed by atoms with Crippen LogP contribution in [0.3, 0.4) is 0 Å². The van der Waals surface area contributed by atoms with Crippen LogP contribution in [0.1, 0.15) is 35.8 Å². The van der Waals surface area contributed by atoms with Crippen molar-refractivity contribution in [3.8, 4) is 0 Å². The summed E-state index contributed by atoms with van der Waals surface area (Å²) in [5.41, 5.74) is 3.99. The molecule has 1 saturated heterocycles. The van der Waals surface area contributed by atoms with Crippen molar-refractivity contribution in [3.63, 3.8) is 0 Å². The van der Waals surface area contributed by atoms with Crippen molar-refractivity contribution >= 4 is 11.7 Å². The highest BCUT2D eigenvalue weighted by atomic mass is 16.5. The van der Waals surface area contributed by atoms with Gasteiger partial charge in [0.05, 0.1) is 6.10 Å². The van der Waals surface area contributed by atoms with Crippen molar-refractivity contribution in [3.05, 3.63) is 23.4 Å². The van der Waals surface area contributed by atoms with Gasteiger partial charge in [-0.2, -0.15) is 0 Å². The number of amides is 1. The van der Waals surface area contributed by atoms with Crippen LogP contribution in [0.25, 0.3) is 0 Å². The number of nitrogens with two attached hydrogens (primary N) is 1. The summed E-state index contributed by atoms with van der Waals surface area (Å²) in [6, 6.07) is 3.53. The molecule has 1 aliphatic rings. The van der Waals surface area contributed by atoms with Gasteiger partial charge in [-0.05, 0) is 31.4 Å². The molecule has 1 atom stereocenters. The Balaban J connectivity index is 2.19. The van der Waals surface area contributed by atoms with Gasteiger partial charge in [0.25, 0.3) is 5.91 Å². The second-order valence-electron chi connectivity index (χ2n) is 4.98. The van der Waals surface area contributed by atoms with Crippen molar-refractivity contribution in [1.29, 1.82) is 0 Å². The number of nitrogens with zero attached hydrogens (tertiary/aromatic N) is 2. The first-order chi connectivity index (χ1) is 9.67. The van der Waals surface area contributed by atoms with E-state index in [2.05, 4.69) is 10.4 Å². The van der Waals surface area contributed by atoms with Gasteiger partial charge in [-0.15, -0.1) is 0 Å². The number of aromatic nitrogens is 1. The van der Waals surface area contributed by atoms with Gasteiger partial charge in [0, 0.05) is 31.5 Å². The zero-order chi connectivity index (χ0) is 14.5. The molecule has 3 N–H and O–H groups in total. The summed E-state index contributed by atoms with van der Waals surface area (Å²) in [7, 11) is 1.69. The third-order valence-corrected chi connectivity index (χ3v) is 3.63. The average molecular weight is 278 g/mol. The predicted molar refractivity (Wildman–Crippen MR) is 77.4 cm³/mol. The Labute approximate surface area is 119 Å². The quantitative estimate of drug-likeness (QED) is 0.638. The number of methoxy groups -OCH3 is 1. The number of nitrogens with one attached hydrogen (secondary N) is 1. The molecule has 110 valence electrons. The molecular formula is C14H22N4O2. The van der Waals surface area contributed by atoms with Crippen LogP contribution in [-0.4, -0.2) is 42.1 Å². The van der Waals surface area contributed by atoms with Gasteiger partial charge in [-0.3, -0.25) is 4.79 Å². The first kappa shape index (κ1) is 14.7. The molecular weight excluding hydrogens is 256 g/mol. The highest BCUT2D eigenvalue weighted by Crippen LogP contribution is 2.18. The topological polar surface area (TPSA) is 80.5 Å². The lowest BCUT2D eigenvalue weighted by Crippen LogP contribution is -2.43. The van der Waals surface area contributed by atoms with E-state index in [4.69, 9.17) is 10.6 Å². The summed E-state index contributed by atoms with van der Waals surface area (Å²) in [4.78, 5) is 18.7. The van der Waals surface area contributed by atoms with Gasteiger partial charge in [0.2, 0.25) is 0 Å². The van der Waals surface area contributed by atoms with E-state index in [1.807, 2.05) is 17.9 Å². The highest BCUT2D eigenvalue weighted by molar-refractivity contribution is 5.95. The Morgan fingerprint density at radius 2 is 2.40 bits per heavy atom. The molecule has 2 rings (SSSR count). The predicted octanol–water partition coefficient (Wildman–Crippen LogP) is 1.18. The van der Waals surface area contributed by atoms with E-state index in [-0.39, 0.29) is 12.0 Å². The van der Waals surface area contributed by atoms with Gasteiger partial charge >= 0.3 is 0 Å². The van der Waals surface area contributed by atoms with Gasteiger partial charge in [-0.25, -0.2) is 10.8 Å². The monoisotopic (exact) mass is 278 g/mol. The number of piperidine rings is 1. The lowest BCUT2D eigenvalue weighted by atomic mass is 10.1. The van der Waals surface area contributed by atoms with Crippen LogP contribution < -0.4 is 11.3 Å². The summed E-state index contributed by atoms with van der Waals surface area (Å²) in [6.45, 7) is 3.41. The maximum Gasteiger partial charge on any atom is 0.254 e. The minimum Gasteiger partial charge on any atom is -0.380 e. The third-order valence-electron chi connectivity index (χ3n) is 3.63. The summed E-state index contributed by atoms with van der Waals surface area (Å²) in [5.74, 6) is 5.94. The molecule has 0 aromatic carbocycles. The zero-order valence-corrected chi connectivity index (χ0v) is 12.1. The largest absolute Gasteiger partial charge is 0.380 e. The van der Waals surface area contributed by atoms with E-state index in [0.29, 0.717) is 17.9 Å². The van der Waals surface area contributed by atoms with Gasteiger partial charge in [0.15, 0.2) is 0 Å². The number of anilines is 1. The number of carbonyl (C=O) groups is 1. The second-order valence-corrected chi connectivity index (χ2v) is 4.98. The molecule has 0 bridgehead atoms. The zero-order valence-electron chi connectivity index (χ0n) is 12.1. The number of hydrogen-bond acceptors (Lipinski definition) is 5. The van der Waals surface area contributed by atoms with E-state index < -0.39 is 0 Å². The number of pyridine rings is 1. The first-order valence-corrected chi connectivity index (χ1v) is 6.97. The van der Waals surface area contributed by atoms with Crippen molar-refractivity contribution < 1.29 is 9.53 Å². The molecule has 0 saturated carbocycles. The number of ether oxygens (including phenoxy) is 1. The fourth-order valence-corrected chi connectivity index (χ4v) is 2.46. The Morgan fingerprint density at radius 1 is 1.60 bits per heavy atom. The molecule has 0 aliphatic carbocycles. The van der Waals surface area contributed by atoms with Crippen molar-refractivity contribution in [2.45, 2.75) is 32.3 Å². The number of nitrogen functional groups attached to an aromatic ring is 1. The van der Waals surface area contributed by atoms with Crippen LogP contribution in [0.15, 0.2) is 12.1 Å². The van der Waals surface area contributed by atoms with Crippen molar-refractivity contribution in [2.24, 2.45) is 5.84 Å². The molecule has 1 aromatic heterocycles. The molecule has 20 heavy (non-hydrogen) atoms. The molecule has 1 amide bonds. The molecule has 0 spiro atoms. The Morgan fingerprint density at radius 3 is 3.05 bits per heavy atom. The summed E-state index contributed by atoms with van der Waals surface area (Å²) < 4.78 is 5.36. The lowest BCUT2D eigenvalue weighted by molar-refractivity contribution is 0.0269. The number of rotatable bonds is 4. The fourth-order valence-electron chi connectivity index (χ4n) is 2.46. The van der Waals surface area contributed by atoms with Crippen LogP contribution in [0.2, 0.25) is 0 Å². The number of likely N-dealkylation sites (tertiary alicyclic amines) is 1. The number of hydrogen-bond donors (Lipinski definition) is 2. The van der Waals surface area contributed by atoms with Crippen LogP contribution in [0, 0.1) is 0 Å². The summed E-state index contributed by atoms with van der Waals surface area (Å²) >= 11 is 0. The average Bonchev–Trinajstić information content (AvgIpc) is 2.53. The van der Waals surface area contributed by atoms with Crippen LogP contribution in [0.5, 0.6) is 0 Å². The molecule has 0 radical (unpaired) electrons. The van der Waals surface area contributed by atoms with E-state index in [0.717, 1.165) is 31.5 Å². The number of aryl methyl sites for hydroxylation is 1. The Kier molecular flexibility index (Phi) is 4.92. The molecule has 1 aromatic rings. The molecule has 1 unspecified atom stereocenters. The van der Waals surface area contributed by atoms with Gasteiger partial charge in [0.1, 0.15) is 5.82 Å². The molecule has 2 heterocycles. The fraction of sp³-hybridized carbons (Fsp3) is 0.571. The minimum absolute atomic E-state index is 0.0142. The maximum atomic E-state index is 12.6. The Hall–Kier alpha value is -1.66. The molecule has 6 heteroatoms. The standard InChI is InChI=1S/C14H22N4O2/c1-3-11-7-10(8-13(16-11)17-15)14(19)18-6-4-5-12(9-18)20-2/h7-8,12H,3-6,9,15H2,1-2H3,(H,16,17). The summed E-state index contributed by atoms with van der Waals surface area (Å²) in [6.07, 6.45) is 2.87. The van der Waals surface area contributed by atoms with Crippen LogP contribution in [0.4, 0.5) is 5.82 Å². The van der Waals surface area contributed by atoms with E-state index >= 15 is 0 Å². The minimum atomic E-state index is 0.0142. The van der Waals surface area contributed by atoms with Gasteiger partial charge < -0.3 is 15.1 Å². The van der Waals surface area contributed by atoms with Crippen molar-refractivity contribution in [1.82, 2.24) is 9.88 Å². The molecule has 6 nitrogen and oxygen atoms in total. The van der Waals surface area contributed by atoms with Crippen LogP contribution >= 0.6 is 0 Å². The Bertz CT molecular complexity index is 456. The van der Waals surface area contributed by atoms with E-state index in [1.165, 1.54) is 0 Å². The van der Waals surface area contributed by atoms with Crippen LogP contribution in [-0.2, 0) is 11.2 Å². The highest BCUT2D eigenvalue weighted by Gasteiger charge is 2.24. The second kappa shape index (κ2) is 6.67. The SMILES string of the molecule is CCc1cc(C(=O)N2CCCC(OC)C2)cc(NN)n1. The molecule has 1 aliphatic heterocycles. The van der Waals surface area contributed by atoms with Gasteiger partial charge in [-0.1, -0.05) is 6.92 Å².